The number of pyridine rings is 1. The zero-order valence-electron chi connectivity index (χ0n) is 14.3. The number of nitrogens with two attached hydrogens (primary N) is 1. The van der Waals surface area contributed by atoms with Crippen LogP contribution in [0.2, 0.25) is 0 Å². The predicted molar refractivity (Wildman–Crippen MR) is 104 cm³/mol. The van der Waals surface area contributed by atoms with E-state index in [1.807, 2.05) is 45.0 Å². The average Bonchev–Trinajstić information content (AvgIpc) is 3.27. The zero-order valence-corrected chi connectivity index (χ0v) is 15.9. The van der Waals surface area contributed by atoms with Crippen LogP contribution in [-0.2, 0) is 0 Å². The van der Waals surface area contributed by atoms with Gasteiger partial charge in [-0.2, -0.15) is 0 Å². The summed E-state index contributed by atoms with van der Waals surface area (Å²) < 4.78 is 0. The van der Waals surface area contributed by atoms with Crippen LogP contribution in [0.15, 0.2) is 24.3 Å². The van der Waals surface area contributed by atoms with Crippen molar-refractivity contribution in [3.8, 4) is 0 Å². The van der Waals surface area contributed by atoms with Crippen molar-refractivity contribution < 1.29 is 4.79 Å². The van der Waals surface area contributed by atoms with E-state index in [1.54, 1.807) is 0 Å². The molecule has 4 nitrogen and oxygen atoms in total. The fraction of sp³-hybridized carbons (Fsp3) is 0.444. The van der Waals surface area contributed by atoms with Crippen molar-refractivity contribution >= 4 is 41.6 Å². The number of amides is 1. The first-order chi connectivity index (χ1) is 10.3. The number of carbonyl (C=O) groups excluding carboxylic acids is 1. The molecule has 1 aromatic carbocycles. The fourth-order valence-electron chi connectivity index (χ4n) is 2.54. The summed E-state index contributed by atoms with van der Waals surface area (Å²) in [5.41, 5.74) is 9.30. The van der Waals surface area contributed by atoms with Gasteiger partial charge in [0.15, 0.2) is 0 Å². The van der Waals surface area contributed by atoms with E-state index in [1.165, 1.54) is 12.8 Å². The van der Waals surface area contributed by atoms with Crippen LogP contribution in [0.1, 0.15) is 54.2 Å². The fourth-order valence-corrected chi connectivity index (χ4v) is 2.54. The van der Waals surface area contributed by atoms with Crippen LogP contribution in [0, 0.1) is 6.92 Å². The van der Waals surface area contributed by atoms with E-state index in [-0.39, 0.29) is 30.7 Å². The molecular weight excluding hydrogens is 345 g/mol. The maximum absolute atomic E-state index is 12.6. The molecule has 6 heteroatoms. The zero-order chi connectivity index (χ0) is 15.9. The van der Waals surface area contributed by atoms with Crippen LogP contribution in [0.5, 0.6) is 0 Å². The first-order valence-corrected chi connectivity index (χ1v) is 7.82. The van der Waals surface area contributed by atoms with E-state index in [2.05, 4.69) is 5.32 Å². The van der Waals surface area contributed by atoms with Crippen molar-refractivity contribution in [2.75, 3.05) is 6.54 Å². The molecule has 1 aliphatic rings. The van der Waals surface area contributed by atoms with Crippen LogP contribution in [0.3, 0.4) is 0 Å². The Kier molecular flexibility index (Phi) is 6.62. The van der Waals surface area contributed by atoms with Crippen molar-refractivity contribution in [2.45, 2.75) is 45.1 Å². The molecule has 0 unspecified atom stereocenters. The molecule has 0 bridgehead atoms. The second-order valence-corrected chi connectivity index (χ2v) is 7.06. The van der Waals surface area contributed by atoms with Crippen molar-refractivity contribution in [1.29, 1.82) is 0 Å². The molecule has 0 spiro atoms. The van der Waals surface area contributed by atoms with Crippen LogP contribution in [0.4, 0.5) is 0 Å². The highest BCUT2D eigenvalue weighted by molar-refractivity contribution is 6.06. The smallest absolute Gasteiger partial charge is 0.252 e. The van der Waals surface area contributed by atoms with Crippen LogP contribution < -0.4 is 11.1 Å². The maximum atomic E-state index is 12.6. The summed E-state index contributed by atoms with van der Waals surface area (Å²) in [6.07, 6.45) is 2.34. The van der Waals surface area contributed by atoms with E-state index < -0.39 is 5.54 Å². The Hall–Kier alpha value is -1.36. The van der Waals surface area contributed by atoms with Crippen molar-refractivity contribution in [1.82, 2.24) is 10.3 Å². The molecule has 0 atom stereocenters. The van der Waals surface area contributed by atoms with Crippen LogP contribution in [-0.4, -0.2) is 23.0 Å². The molecule has 2 aromatic rings. The lowest BCUT2D eigenvalue weighted by Gasteiger charge is -2.19. The van der Waals surface area contributed by atoms with Gasteiger partial charge >= 0.3 is 0 Å². The monoisotopic (exact) mass is 369 g/mol. The van der Waals surface area contributed by atoms with E-state index in [0.717, 1.165) is 22.2 Å². The Morgan fingerprint density at radius 3 is 2.54 bits per heavy atom. The first kappa shape index (κ1) is 20.7. The van der Waals surface area contributed by atoms with Gasteiger partial charge in [0.1, 0.15) is 0 Å². The summed E-state index contributed by atoms with van der Waals surface area (Å²) in [5, 5.41) is 3.86. The minimum absolute atomic E-state index is 0. The second-order valence-electron chi connectivity index (χ2n) is 7.06. The maximum Gasteiger partial charge on any atom is 0.252 e. The molecule has 1 amide bonds. The van der Waals surface area contributed by atoms with Gasteiger partial charge < -0.3 is 11.1 Å². The third kappa shape index (κ3) is 4.82. The van der Waals surface area contributed by atoms with E-state index >= 15 is 0 Å². The lowest BCUT2D eigenvalue weighted by atomic mass is 10.0. The van der Waals surface area contributed by atoms with Crippen molar-refractivity contribution in [2.24, 2.45) is 5.73 Å². The van der Waals surface area contributed by atoms with Crippen molar-refractivity contribution in [3.05, 3.63) is 41.1 Å². The molecule has 24 heavy (non-hydrogen) atoms. The largest absolute Gasteiger partial charge is 0.350 e. The van der Waals surface area contributed by atoms with Gasteiger partial charge in [-0.15, -0.1) is 24.8 Å². The van der Waals surface area contributed by atoms with Gasteiger partial charge in [-0.05, 0) is 51.8 Å². The lowest BCUT2D eigenvalue weighted by Crippen LogP contribution is -2.45. The van der Waals surface area contributed by atoms with Crippen LogP contribution >= 0.6 is 24.8 Å². The van der Waals surface area contributed by atoms with Gasteiger partial charge in [-0.3, -0.25) is 9.78 Å². The average molecular weight is 370 g/mol. The number of rotatable bonds is 4. The molecule has 3 rings (SSSR count). The number of hydrogen-bond acceptors (Lipinski definition) is 3. The molecule has 1 heterocycles. The number of halogens is 2. The van der Waals surface area contributed by atoms with E-state index in [4.69, 9.17) is 10.7 Å². The molecule has 1 fully saturated rings. The SMILES string of the molecule is Cc1ccc2nc(C3CC3)cc(C(=O)NCC(C)(C)N)c2c1.Cl.Cl. The molecule has 1 aromatic heterocycles. The van der Waals surface area contributed by atoms with Crippen LogP contribution in [0.25, 0.3) is 10.9 Å². The highest BCUT2D eigenvalue weighted by Gasteiger charge is 2.27. The van der Waals surface area contributed by atoms with Gasteiger partial charge in [-0.25, -0.2) is 0 Å². The topological polar surface area (TPSA) is 68.0 Å². The van der Waals surface area contributed by atoms with E-state index in [0.29, 0.717) is 18.0 Å². The first-order valence-electron chi connectivity index (χ1n) is 7.82. The number of nitrogens with zero attached hydrogens (tertiary/aromatic N) is 1. The molecule has 0 saturated heterocycles. The summed E-state index contributed by atoms with van der Waals surface area (Å²) in [5.74, 6) is 0.446. The predicted octanol–water partition coefficient (Wildman–Crippen LogP) is 3.73. The number of hydrogen-bond donors (Lipinski definition) is 2. The Morgan fingerprint density at radius 2 is 1.96 bits per heavy atom. The third-order valence-electron chi connectivity index (χ3n) is 3.93. The normalized spacial score (nSPS) is 13.8. The number of nitrogens with one attached hydrogen (secondary N) is 1. The van der Waals surface area contributed by atoms with Crippen molar-refractivity contribution in [3.63, 3.8) is 0 Å². The summed E-state index contributed by atoms with van der Waals surface area (Å²) in [6.45, 7) is 6.27. The number of aryl methyl sites for hydroxylation is 1. The number of fused-ring (bicyclic) bond motifs is 1. The lowest BCUT2D eigenvalue weighted by molar-refractivity contribution is 0.0947. The molecule has 1 aliphatic carbocycles. The molecule has 1 saturated carbocycles. The quantitative estimate of drug-likeness (QED) is 0.862. The minimum Gasteiger partial charge on any atom is -0.350 e. The summed E-state index contributed by atoms with van der Waals surface area (Å²) in [4.78, 5) is 17.3. The highest BCUT2D eigenvalue weighted by Crippen LogP contribution is 2.40. The Bertz CT molecular complexity index is 737. The summed E-state index contributed by atoms with van der Waals surface area (Å²) in [6, 6.07) is 8.02. The molecule has 3 N–H and O–H groups in total. The third-order valence-corrected chi connectivity index (χ3v) is 3.93. The molecular formula is C18H25Cl2N3O. The number of aromatic nitrogens is 1. The standard InChI is InChI=1S/C18H23N3O.2ClH/c1-11-4-7-15-13(8-11)14(9-16(21-15)12-5-6-12)17(22)20-10-18(2,3)19;;/h4,7-9,12H,5-6,10,19H2,1-3H3,(H,20,22);2*1H. The molecule has 0 radical (unpaired) electrons. The molecule has 132 valence electrons. The number of benzene rings is 1. The second kappa shape index (κ2) is 7.68. The van der Waals surface area contributed by atoms with Gasteiger partial charge in [0.2, 0.25) is 0 Å². The highest BCUT2D eigenvalue weighted by atomic mass is 35.5. The van der Waals surface area contributed by atoms with Gasteiger partial charge in [-0.1, -0.05) is 11.6 Å². The minimum atomic E-state index is -0.423. The van der Waals surface area contributed by atoms with Gasteiger partial charge in [0.05, 0.1) is 11.1 Å². The Balaban J connectivity index is 0.00000144. The van der Waals surface area contributed by atoms with E-state index in [9.17, 15) is 4.79 Å². The molecule has 0 aliphatic heterocycles. The Morgan fingerprint density at radius 1 is 1.29 bits per heavy atom. The van der Waals surface area contributed by atoms with Gasteiger partial charge in [0.25, 0.3) is 5.91 Å². The number of carbonyl (C=O) groups is 1. The van der Waals surface area contributed by atoms with Gasteiger partial charge in [0, 0.05) is 29.1 Å². The Labute approximate surface area is 155 Å². The summed E-state index contributed by atoms with van der Waals surface area (Å²) >= 11 is 0. The summed E-state index contributed by atoms with van der Waals surface area (Å²) in [7, 11) is 0.